The van der Waals surface area contributed by atoms with Crippen molar-refractivity contribution in [3.8, 4) is 6.07 Å². The van der Waals surface area contributed by atoms with Gasteiger partial charge in [-0.3, -0.25) is 4.98 Å². The minimum Gasteiger partial charge on any atom is -0.369 e. The van der Waals surface area contributed by atoms with E-state index in [1.165, 1.54) is 19.3 Å². The van der Waals surface area contributed by atoms with E-state index in [0.29, 0.717) is 5.41 Å². The summed E-state index contributed by atoms with van der Waals surface area (Å²) >= 11 is 0. The van der Waals surface area contributed by atoms with Crippen LogP contribution in [0.2, 0.25) is 0 Å². The topological polar surface area (TPSA) is 39.9 Å². The summed E-state index contributed by atoms with van der Waals surface area (Å²) in [5.41, 5.74) is 2.21. The van der Waals surface area contributed by atoms with Crippen LogP contribution in [-0.4, -0.2) is 18.1 Å². The maximum atomic E-state index is 9.09. The Morgan fingerprint density at radius 2 is 2.18 bits per heavy atom. The van der Waals surface area contributed by atoms with E-state index in [4.69, 9.17) is 5.26 Å². The highest BCUT2D eigenvalue weighted by atomic mass is 15.1. The lowest BCUT2D eigenvalue weighted by molar-refractivity contribution is 0.238. The van der Waals surface area contributed by atoms with E-state index in [1.54, 1.807) is 12.3 Å². The predicted molar refractivity (Wildman–Crippen MR) is 68.8 cm³/mol. The van der Waals surface area contributed by atoms with Gasteiger partial charge < -0.3 is 4.90 Å². The molecule has 2 heterocycles. The van der Waals surface area contributed by atoms with E-state index >= 15 is 0 Å². The monoisotopic (exact) mass is 229 g/mol. The van der Waals surface area contributed by atoms with E-state index in [9.17, 15) is 0 Å². The fourth-order valence-corrected chi connectivity index (χ4v) is 2.37. The molecule has 2 rings (SSSR count). The molecule has 3 heteroatoms. The lowest BCUT2D eigenvalue weighted by Crippen LogP contribution is -2.38. The molecule has 1 aromatic rings. The SMILES string of the molecule is CCC1(C)CCN(c2cnccc2C#N)CC1. The number of hydrogen-bond acceptors (Lipinski definition) is 3. The summed E-state index contributed by atoms with van der Waals surface area (Å²) in [5.74, 6) is 0. The number of rotatable bonds is 2. The van der Waals surface area contributed by atoms with Gasteiger partial charge in [-0.2, -0.15) is 5.26 Å². The number of nitriles is 1. The van der Waals surface area contributed by atoms with Gasteiger partial charge >= 0.3 is 0 Å². The van der Waals surface area contributed by atoms with Crippen molar-refractivity contribution in [1.29, 1.82) is 5.26 Å². The molecule has 1 aromatic heterocycles. The Morgan fingerprint density at radius 1 is 1.47 bits per heavy atom. The molecule has 3 nitrogen and oxygen atoms in total. The Labute approximate surface area is 103 Å². The summed E-state index contributed by atoms with van der Waals surface area (Å²) in [5, 5.41) is 9.09. The molecule has 0 bridgehead atoms. The van der Waals surface area contributed by atoms with Gasteiger partial charge in [0.05, 0.1) is 17.4 Å². The summed E-state index contributed by atoms with van der Waals surface area (Å²) < 4.78 is 0. The number of piperidine rings is 1. The molecule has 1 aliphatic rings. The highest BCUT2D eigenvalue weighted by Crippen LogP contribution is 2.36. The molecule has 0 saturated carbocycles. The van der Waals surface area contributed by atoms with Crippen molar-refractivity contribution in [1.82, 2.24) is 4.98 Å². The van der Waals surface area contributed by atoms with Crippen LogP contribution in [0.15, 0.2) is 18.5 Å². The van der Waals surface area contributed by atoms with Gasteiger partial charge in [-0.25, -0.2) is 0 Å². The van der Waals surface area contributed by atoms with Gasteiger partial charge in [-0.15, -0.1) is 0 Å². The number of hydrogen-bond donors (Lipinski definition) is 0. The minimum absolute atomic E-state index is 0.478. The van der Waals surface area contributed by atoms with Gasteiger partial charge in [0.2, 0.25) is 0 Å². The molecule has 0 aliphatic carbocycles. The molecule has 0 unspecified atom stereocenters. The third-order valence-corrected chi connectivity index (χ3v) is 4.09. The minimum atomic E-state index is 0.478. The van der Waals surface area contributed by atoms with Crippen molar-refractivity contribution in [2.24, 2.45) is 5.41 Å². The number of pyridine rings is 1. The Hall–Kier alpha value is -1.56. The average Bonchev–Trinajstić information content (AvgIpc) is 2.40. The summed E-state index contributed by atoms with van der Waals surface area (Å²) in [7, 11) is 0. The second-order valence-electron chi connectivity index (χ2n) is 5.16. The zero-order valence-electron chi connectivity index (χ0n) is 10.6. The molecule has 1 saturated heterocycles. The van der Waals surface area contributed by atoms with Crippen LogP contribution in [0.3, 0.4) is 0 Å². The highest BCUT2D eigenvalue weighted by molar-refractivity contribution is 5.57. The number of anilines is 1. The molecule has 0 N–H and O–H groups in total. The smallest absolute Gasteiger partial charge is 0.101 e. The average molecular weight is 229 g/mol. The van der Waals surface area contributed by atoms with Crippen LogP contribution < -0.4 is 4.90 Å². The summed E-state index contributed by atoms with van der Waals surface area (Å²) in [6.45, 7) is 6.69. The Bertz CT molecular complexity index is 425. The predicted octanol–water partition coefficient (Wildman–Crippen LogP) is 2.97. The van der Waals surface area contributed by atoms with E-state index in [-0.39, 0.29) is 0 Å². The molecule has 90 valence electrons. The van der Waals surface area contributed by atoms with Crippen molar-refractivity contribution in [3.05, 3.63) is 24.0 Å². The zero-order chi connectivity index (χ0) is 12.3. The first-order chi connectivity index (χ1) is 8.18. The summed E-state index contributed by atoms with van der Waals surface area (Å²) in [6.07, 6.45) is 7.13. The van der Waals surface area contributed by atoms with E-state index < -0.39 is 0 Å². The first-order valence-corrected chi connectivity index (χ1v) is 6.27. The van der Waals surface area contributed by atoms with Gasteiger partial charge in [0.15, 0.2) is 0 Å². The van der Waals surface area contributed by atoms with Crippen molar-refractivity contribution in [2.45, 2.75) is 33.1 Å². The van der Waals surface area contributed by atoms with Crippen molar-refractivity contribution in [2.75, 3.05) is 18.0 Å². The van der Waals surface area contributed by atoms with Crippen molar-refractivity contribution in [3.63, 3.8) is 0 Å². The van der Waals surface area contributed by atoms with Crippen LogP contribution in [-0.2, 0) is 0 Å². The second-order valence-corrected chi connectivity index (χ2v) is 5.16. The van der Waals surface area contributed by atoms with Crippen LogP contribution in [0, 0.1) is 16.7 Å². The number of nitrogens with zero attached hydrogens (tertiary/aromatic N) is 3. The van der Waals surface area contributed by atoms with Gasteiger partial charge in [0.25, 0.3) is 0 Å². The van der Waals surface area contributed by atoms with Crippen LogP contribution in [0.4, 0.5) is 5.69 Å². The first-order valence-electron chi connectivity index (χ1n) is 6.27. The highest BCUT2D eigenvalue weighted by Gasteiger charge is 2.29. The van der Waals surface area contributed by atoms with Crippen LogP contribution in [0.25, 0.3) is 0 Å². The lowest BCUT2D eigenvalue weighted by Gasteiger charge is -2.40. The third-order valence-electron chi connectivity index (χ3n) is 4.09. The van der Waals surface area contributed by atoms with Gasteiger partial charge in [-0.1, -0.05) is 20.3 Å². The molecule has 1 aliphatic heterocycles. The maximum Gasteiger partial charge on any atom is 0.101 e. The number of aromatic nitrogens is 1. The molecule has 17 heavy (non-hydrogen) atoms. The van der Waals surface area contributed by atoms with Crippen LogP contribution >= 0.6 is 0 Å². The Morgan fingerprint density at radius 3 is 2.76 bits per heavy atom. The van der Waals surface area contributed by atoms with E-state index in [1.807, 2.05) is 6.20 Å². The first kappa shape index (κ1) is 11.9. The summed E-state index contributed by atoms with van der Waals surface area (Å²) in [4.78, 5) is 6.43. The van der Waals surface area contributed by atoms with Crippen molar-refractivity contribution >= 4 is 5.69 Å². The summed E-state index contributed by atoms with van der Waals surface area (Å²) in [6, 6.07) is 4.04. The van der Waals surface area contributed by atoms with Gasteiger partial charge in [0.1, 0.15) is 6.07 Å². The van der Waals surface area contributed by atoms with Gasteiger partial charge in [-0.05, 0) is 24.3 Å². The maximum absolute atomic E-state index is 9.09. The zero-order valence-corrected chi connectivity index (χ0v) is 10.6. The van der Waals surface area contributed by atoms with E-state index in [2.05, 4.69) is 29.8 Å². The molecule has 0 spiro atoms. The van der Waals surface area contributed by atoms with Crippen molar-refractivity contribution < 1.29 is 0 Å². The Balaban J connectivity index is 2.14. The second kappa shape index (κ2) is 4.75. The van der Waals surface area contributed by atoms with Gasteiger partial charge in [0, 0.05) is 19.3 Å². The molecule has 0 aromatic carbocycles. The molecule has 0 radical (unpaired) electrons. The van der Waals surface area contributed by atoms with Crippen LogP contribution in [0.1, 0.15) is 38.7 Å². The standard InChI is InChI=1S/C14H19N3/c1-3-14(2)5-8-17(9-6-14)13-11-16-7-4-12(13)10-15/h4,7,11H,3,5-6,8-9H2,1-2H3. The quantitative estimate of drug-likeness (QED) is 0.782. The van der Waals surface area contributed by atoms with Crippen LogP contribution in [0.5, 0.6) is 0 Å². The third kappa shape index (κ3) is 2.41. The molecule has 0 amide bonds. The Kier molecular flexibility index (Phi) is 3.33. The molecule has 0 atom stereocenters. The fraction of sp³-hybridized carbons (Fsp3) is 0.571. The fourth-order valence-electron chi connectivity index (χ4n) is 2.37. The van der Waals surface area contributed by atoms with E-state index in [0.717, 1.165) is 24.3 Å². The molecule has 1 fully saturated rings. The molecular formula is C14H19N3. The largest absolute Gasteiger partial charge is 0.369 e. The lowest BCUT2D eigenvalue weighted by atomic mass is 9.78. The molecular weight excluding hydrogens is 210 g/mol. The normalized spacial score (nSPS) is 18.8.